The van der Waals surface area contributed by atoms with Crippen LogP contribution < -0.4 is 4.74 Å². The average molecular weight is 350 g/mol. The van der Waals surface area contributed by atoms with E-state index < -0.39 is 11.5 Å². The zero-order valence-corrected chi connectivity index (χ0v) is 15.4. The fourth-order valence-corrected chi connectivity index (χ4v) is 3.34. The number of pyridine rings is 1. The molecule has 0 saturated heterocycles. The largest absolute Gasteiger partial charge is 0.440 e. The van der Waals surface area contributed by atoms with E-state index in [4.69, 9.17) is 9.47 Å². The highest BCUT2D eigenvalue weighted by Gasteiger charge is 2.71. The minimum Gasteiger partial charge on any atom is -0.440 e. The molecule has 1 saturated carbocycles. The summed E-state index contributed by atoms with van der Waals surface area (Å²) in [6.45, 7) is 7.98. The first-order chi connectivity index (χ1) is 12.3. The number of benzene rings is 1. The van der Waals surface area contributed by atoms with Crippen molar-refractivity contribution in [3.8, 4) is 17.7 Å². The summed E-state index contributed by atoms with van der Waals surface area (Å²) in [5.41, 5.74) is -0.375. The van der Waals surface area contributed by atoms with Crippen LogP contribution in [0.1, 0.15) is 39.5 Å². The van der Waals surface area contributed by atoms with Gasteiger partial charge < -0.3 is 9.47 Å². The molecule has 26 heavy (non-hydrogen) atoms. The van der Waals surface area contributed by atoms with Crippen LogP contribution in [-0.4, -0.2) is 11.0 Å². The summed E-state index contributed by atoms with van der Waals surface area (Å²) < 4.78 is 11.2. The average Bonchev–Trinajstić information content (AvgIpc) is 3.05. The molecular weight excluding hydrogens is 328 g/mol. The number of esters is 1. The van der Waals surface area contributed by atoms with Crippen LogP contribution in [0, 0.1) is 28.1 Å². The Kier molecular flexibility index (Phi) is 4.45. The lowest BCUT2D eigenvalue weighted by Crippen LogP contribution is -2.23. The number of rotatable bonds is 5. The van der Waals surface area contributed by atoms with E-state index in [-0.39, 0.29) is 17.3 Å². The second kappa shape index (κ2) is 6.45. The molecule has 5 heteroatoms. The number of carbonyl (C=O) groups excluding carboxylic acids is 1. The van der Waals surface area contributed by atoms with Gasteiger partial charge in [0.2, 0.25) is 12.0 Å². The van der Waals surface area contributed by atoms with Gasteiger partial charge in [-0.3, -0.25) is 4.79 Å². The van der Waals surface area contributed by atoms with Gasteiger partial charge in [-0.2, -0.15) is 5.26 Å². The molecular formula is C21H22N2O3. The molecule has 0 spiro atoms. The molecule has 3 atom stereocenters. The van der Waals surface area contributed by atoms with E-state index in [1.165, 1.54) is 0 Å². The first-order valence-corrected chi connectivity index (χ1v) is 8.61. The van der Waals surface area contributed by atoms with Crippen molar-refractivity contribution in [1.29, 1.82) is 5.26 Å². The third kappa shape index (κ3) is 2.92. The van der Waals surface area contributed by atoms with E-state index in [9.17, 15) is 10.1 Å². The summed E-state index contributed by atoms with van der Waals surface area (Å²) in [7, 11) is 0. The highest BCUT2D eigenvalue weighted by molar-refractivity contribution is 5.82. The number of carbonyl (C=O) groups is 1. The molecule has 0 radical (unpaired) electrons. The molecule has 0 N–H and O–H groups in total. The molecule has 1 aliphatic rings. The van der Waals surface area contributed by atoms with Crippen molar-refractivity contribution in [1.82, 2.24) is 4.98 Å². The van der Waals surface area contributed by atoms with Crippen LogP contribution in [0.3, 0.4) is 0 Å². The Bertz CT molecular complexity index is 857. The van der Waals surface area contributed by atoms with Crippen LogP contribution in [-0.2, 0) is 9.53 Å². The number of para-hydroxylation sites is 1. The van der Waals surface area contributed by atoms with Gasteiger partial charge in [0.15, 0.2) is 0 Å². The normalized spacial score (nSPS) is 24.2. The standard InChI is InChI=1S/C21H22N2O3/c1-14-20(2,3)21(14,4)19(24)26-17(13-22)16-11-8-12-18(23-16)25-15-9-6-5-7-10-15/h5-12,14,17H,1-4H3/t14?,17-,21+/m0/s1. The highest BCUT2D eigenvalue weighted by Crippen LogP contribution is 2.69. The fraction of sp³-hybridized carbons (Fsp3) is 0.381. The van der Waals surface area contributed by atoms with Crippen LogP contribution in [0.2, 0.25) is 0 Å². The molecule has 134 valence electrons. The van der Waals surface area contributed by atoms with E-state index in [1.807, 2.05) is 64.1 Å². The third-order valence-corrected chi connectivity index (χ3v) is 5.95. The molecule has 1 heterocycles. The SMILES string of the molecule is CC1C(C)(C)[C@@]1(C)C(=O)O[C@@H](C#N)c1cccc(Oc2ccccc2)n1. The first-order valence-electron chi connectivity index (χ1n) is 8.61. The van der Waals surface area contributed by atoms with Crippen molar-refractivity contribution >= 4 is 5.97 Å². The Hall–Kier alpha value is -2.87. The van der Waals surface area contributed by atoms with Crippen molar-refractivity contribution in [2.75, 3.05) is 0 Å². The predicted octanol–water partition coefficient (Wildman–Crippen LogP) is 4.66. The van der Waals surface area contributed by atoms with Gasteiger partial charge in [-0.1, -0.05) is 45.0 Å². The molecule has 1 unspecified atom stereocenters. The predicted molar refractivity (Wildman–Crippen MR) is 96.3 cm³/mol. The summed E-state index contributed by atoms with van der Waals surface area (Å²) in [5, 5.41) is 9.48. The van der Waals surface area contributed by atoms with Gasteiger partial charge in [0, 0.05) is 6.07 Å². The molecule has 2 aromatic rings. The Morgan fingerprint density at radius 2 is 1.81 bits per heavy atom. The maximum absolute atomic E-state index is 12.6. The van der Waals surface area contributed by atoms with Crippen LogP contribution in [0.5, 0.6) is 11.6 Å². The minimum absolute atomic E-state index is 0.143. The molecule has 1 aliphatic carbocycles. The highest BCUT2D eigenvalue weighted by atomic mass is 16.5. The zero-order chi connectivity index (χ0) is 18.9. The van der Waals surface area contributed by atoms with E-state index in [1.54, 1.807) is 18.2 Å². The van der Waals surface area contributed by atoms with Gasteiger partial charge in [0.05, 0.1) is 11.1 Å². The smallest absolute Gasteiger partial charge is 0.314 e. The number of nitrogens with zero attached hydrogens (tertiary/aromatic N) is 2. The van der Waals surface area contributed by atoms with Crippen LogP contribution >= 0.6 is 0 Å². The summed E-state index contributed by atoms with van der Waals surface area (Å²) in [6.07, 6.45) is -1.07. The second-order valence-corrected chi connectivity index (χ2v) is 7.38. The number of nitriles is 1. The molecule has 1 aromatic carbocycles. The van der Waals surface area contributed by atoms with Crippen molar-refractivity contribution in [2.24, 2.45) is 16.7 Å². The Morgan fingerprint density at radius 1 is 1.15 bits per heavy atom. The molecule has 5 nitrogen and oxygen atoms in total. The van der Waals surface area contributed by atoms with Crippen LogP contribution in [0.25, 0.3) is 0 Å². The van der Waals surface area contributed by atoms with Crippen LogP contribution in [0.4, 0.5) is 0 Å². The van der Waals surface area contributed by atoms with Gasteiger partial charge in [0.1, 0.15) is 11.8 Å². The van der Waals surface area contributed by atoms with Crippen molar-refractivity contribution in [3.63, 3.8) is 0 Å². The van der Waals surface area contributed by atoms with Gasteiger partial charge in [-0.15, -0.1) is 0 Å². The minimum atomic E-state index is -1.07. The monoisotopic (exact) mass is 350 g/mol. The van der Waals surface area contributed by atoms with E-state index in [0.29, 0.717) is 17.3 Å². The molecule has 1 fully saturated rings. The zero-order valence-electron chi connectivity index (χ0n) is 15.4. The molecule has 0 aliphatic heterocycles. The number of hydrogen-bond acceptors (Lipinski definition) is 5. The van der Waals surface area contributed by atoms with E-state index in [0.717, 1.165) is 0 Å². The molecule has 3 rings (SSSR count). The summed E-state index contributed by atoms with van der Waals surface area (Å²) in [4.78, 5) is 17.0. The lowest BCUT2D eigenvalue weighted by Gasteiger charge is -2.17. The Balaban J connectivity index is 1.76. The number of hydrogen-bond donors (Lipinski definition) is 0. The first kappa shape index (κ1) is 17.9. The maximum Gasteiger partial charge on any atom is 0.314 e. The number of aromatic nitrogens is 1. The number of ether oxygens (including phenoxy) is 2. The van der Waals surface area contributed by atoms with E-state index in [2.05, 4.69) is 4.98 Å². The van der Waals surface area contributed by atoms with Gasteiger partial charge in [-0.25, -0.2) is 4.98 Å². The quantitative estimate of drug-likeness (QED) is 0.733. The van der Waals surface area contributed by atoms with Gasteiger partial charge in [0.25, 0.3) is 0 Å². The third-order valence-electron chi connectivity index (χ3n) is 5.95. The van der Waals surface area contributed by atoms with Crippen LogP contribution in [0.15, 0.2) is 48.5 Å². The Morgan fingerprint density at radius 3 is 2.38 bits per heavy atom. The fourth-order valence-electron chi connectivity index (χ4n) is 3.34. The Labute approximate surface area is 153 Å². The van der Waals surface area contributed by atoms with Crippen molar-refractivity contribution in [2.45, 2.75) is 33.8 Å². The molecule has 0 amide bonds. The van der Waals surface area contributed by atoms with Crippen molar-refractivity contribution in [3.05, 3.63) is 54.2 Å². The summed E-state index contributed by atoms with van der Waals surface area (Å²) in [6, 6.07) is 16.3. The van der Waals surface area contributed by atoms with Crippen molar-refractivity contribution < 1.29 is 14.3 Å². The molecule has 0 bridgehead atoms. The van der Waals surface area contributed by atoms with Gasteiger partial charge in [-0.05, 0) is 36.5 Å². The topological polar surface area (TPSA) is 72.2 Å². The lowest BCUT2D eigenvalue weighted by molar-refractivity contribution is -0.154. The van der Waals surface area contributed by atoms with E-state index >= 15 is 0 Å². The lowest BCUT2D eigenvalue weighted by atomic mass is 9.98. The second-order valence-electron chi connectivity index (χ2n) is 7.38. The van der Waals surface area contributed by atoms with Gasteiger partial charge >= 0.3 is 5.97 Å². The maximum atomic E-state index is 12.6. The summed E-state index contributed by atoms with van der Waals surface area (Å²) >= 11 is 0. The molecule has 1 aromatic heterocycles. The summed E-state index contributed by atoms with van der Waals surface area (Å²) in [5.74, 6) is 0.820.